The zero-order valence-electron chi connectivity index (χ0n) is 16.8. The van der Waals surface area contributed by atoms with Crippen LogP contribution in [0, 0.1) is 11.6 Å². The van der Waals surface area contributed by atoms with E-state index in [4.69, 9.17) is 18.0 Å². The third-order valence-electron chi connectivity index (χ3n) is 5.09. The van der Waals surface area contributed by atoms with Crippen LogP contribution < -0.4 is 10.5 Å². The number of aliphatic imine (C=N–C) groups is 1. The molecule has 1 aliphatic rings. The Bertz CT molecular complexity index is 1190. The zero-order valence-corrected chi connectivity index (χ0v) is 17.6. The van der Waals surface area contributed by atoms with Crippen molar-refractivity contribution in [3.05, 3.63) is 89.5 Å². The standard InChI is InChI=1S/C23H16F5N3OS/c24-17-2-1-3-18(25)20(17)21-30-12-19(31(21)22(29)33)15-6-4-13(5-7-15)14-8-10-16(11-9-14)32-23(26,27)28/h1-11,19H,12H2,(H2,29,33). The number of alkyl halides is 3. The van der Waals surface area contributed by atoms with Gasteiger partial charge in [-0.15, -0.1) is 13.2 Å². The van der Waals surface area contributed by atoms with Gasteiger partial charge in [-0.3, -0.25) is 9.89 Å². The van der Waals surface area contributed by atoms with E-state index in [1.54, 1.807) is 24.3 Å². The van der Waals surface area contributed by atoms with Crippen LogP contribution in [-0.2, 0) is 0 Å². The molecular formula is C23H16F5N3OS. The third kappa shape index (κ3) is 4.80. The maximum absolute atomic E-state index is 14.3. The summed E-state index contributed by atoms with van der Waals surface area (Å²) in [7, 11) is 0. The summed E-state index contributed by atoms with van der Waals surface area (Å²) in [6, 6.07) is 15.6. The van der Waals surface area contributed by atoms with Gasteiger partial charge in [0.15, 0.2) is 5.11 Å². The molecule has 0 aromatic heterocycles. The first-order chi connectivity index (χ1) is 15.6. The molecule has 0 amide bonds. The average molecular weight is 477 g/mol. The van der Waals surface area contributed by atoms with Crippen LogP contribution in [0.25, 0.3) is 11.1 Å². The van der Waals surface area contributed by atoms with Crippen molar-refractivity contribution in [1.29, 1.82) is 0 Å². The SMILES string of the molecule is NC(=S)N1C(c2c(F)cccc2F)=NCC1c1ccc(-c2ccc(OC(F)(F)F)cc2)cc1. The average Bonchev–Trinajstić information content (AvgIpc) is 3.18. The molecule has 0 saturated carbocycles. The molecule has 1 aliphatic heterocycles. The number of hydrogen-bond donors (Lipinski definition) is 1. The molecule has 0 aliphatic carbocycles. The Balaban J connectivity index is 1.57. The first-order valence-electron chi connectivity index (χ1n) is 9.67. The van der Waals surface area contributed by atoms with E-state index in [2.05, 4.69) is 9.73 Å². The fourth-order valence-corrected chi connectivity index (χ4v) is 3.86. The topological polar surface area (TPSA) is 50.8 Å². The van der Waals surface area contributed by atoms with Crippen LogP contribution in [-0.4, -0.2) is 28.8 Å². The minimum absolute atomic E-state index is 0.0208. The number of nitrogens with zero attached hydrogens (tertiary/aromatic N) is 2. The van der Waals surface area contributed by atoms with Crippen molar-refractivity contribution >= 4 is 23.2 Å². The number of rotatable bonds is 4. The Morgan fingerprint density at radius 2 is 1.48 bits per heavy atom. The number of ether oxygens (including phenoxy) is 1. The lowest BCUT2D eigenvalue weighted by Gasteiger charge is -2.27. The van der Waals surface area contributed by atoms with Gasteiger partial charge in [-0.05, 0) is 53.2 Å². The van der Waals surface area contributed by atoms with E-state index < -0.39 is 24.0 Å². The molecule has 4 rings (SSSR count). The Hall–Kier alpha value is -3.53. The van der Waals surface area contributed by atoms with Gasteiger partial charge in [0.2, 0.25) is 0 Å². The van der Waals surface area contributed by atoms with E-state index in [9.17, 15) is 22.0 Å². The number of thiocarbonyl (C=S) groups is 1. The van der Waals surface area contributed by atoms with E-state index in [0.717, 1.165) is 23.3 Å². The van der Waals surface area contributed by atoms with Crippen LogP contribution in [0.5, 0.6) is 5.75 Å². The lowest BCUT2D eigenvalue weighted by Crippen LogP contribution is -2.41. The third-order valence-corrected chi connectivity index (χ3v) is 5.29. The lowest BCUT2D eigenvalue weighted by molar-refractivity contribution is -0.274. The van der Waals surface area contributed by atoms with Crippen molar-refractivity contribution in [3.8, 4) is 16.9 Å². The van der Waals surface area contributed by atoms with Crippen LogP contribution in [0.2, 0.25) is 0 Å². The summed E-state index contributed by atoms with van der Waals surface area (Å²) in [4.78, 5) is 5.71. The molecule has 4 nitrogen and oxygen atoms in total. The lowest BCUT2D eigenvalue weighted by atomic mass is 10.00. The highest BCUT2D eigenvalue weighted by Crippen LogP contribution is 2.32. The summed E-state index contributed by atoms with van der Waals surface area (Å²) in [6.45, 7) is 0.184. The smallest absolute Gasteiger partial charge is 0.406 e. The van der Waals surface area contributed by atoms with E-state index >= 15 is 0 Å². The summed E-state index contributed by atoms with van der Waals surface area (Å²) in [5.74, 6) is -1.84. The molecule has 1 atom stereocenters. The van der Waals surface area contributed by atoms with Crippen LogP contribution in [0.4, 0.5) is 22.0 Å². The molecular weight excluding hydrogens is 461 g/mol. The van der Waals surface area contributed by atoms with Crippen molar-refractivity contribution in [2.75, 3.05) is 6.54 Å². The summed E-state index contributed by atoms with van der Waals surface area (Å²) in [5.41, 5.74) is 7.75. The molecule has 3 aromatic carbocycles. The highest BCUT2D eigenvalue weighted by molar-refractivity contribution is 7.80. The fourth-order valence-electron chi connectivity index (χ4n) is 3.65. The molecule has 0 fully saturated rings. The van der Waals surface area contributed by atoms with Crippen molar-refractivity contribution in [3.63, 3.8) is 0 Å². The fraction of sp³-hybridized carbons (Fsp3) is 0.130. The van der Waals surface area contributed by atoms with Crippen molar-refractivity contribution in [1.82, 2.24) is 4.90 Å². The molecule has 10 heteroatoms. The maximum atomic E-state index is 14.3. The minimum atomic E-state index is -4.76. The summed E-state index contributed by atoms with van der Waals surface area (Å²) >= 11 is 5.13. The highest BCUT2D eigenvalue weighted by Gasteiger charge is 2.34. The Morgan fingerprint density at radius 3 is 2.00 bits per heavy atom. The molecule has 0 spiro atoms. The van der Waals surface area contributed by atoms with E-state index in [0.29, 0.717) is 5.56 Å². The molecule has 0 saturated heterocycles. The van der Waals surface area contributed by atoms with E-state index in [-0.39, 0.29) is 28.8 Å². The predicted molar refractivity (Wildman–Crippen MR) is 118 cm³/mol. The summed E-state index contributed by atoms with van der Waals surface area (Å²) in [5, 5.41) is -0.0803. The maximum Gasteiger partial charge on any atom is 0.573 e. The van der Waals surface area contributed by atoms with E-state index in [1.165, 1.54) is 35.2 Å². The second kappa shape index (κ2) is 8.78. The Kier molecular flexibility index (Phi) is 6.03. The first-order valence-corrected chi connectivity index (χ1v) is 10.1. The largest absolute Gasteiger partial charge is 0.573 e. The molecule has 33 heavy (non-hydrogen) atoms. The van der Waals surface area contributed by atoms with Crippen LogP contribution in [0.1, 0.15) is 17.2 Å². The number of amidine groups is 1. The van der Waals surface area contributed by atoms with E-state index in [1.807, 2.05) is 0 Å². The summed E-state index contributed by atoms with van der Waals surface area (Å²) < 4.78 is 69.5. The van der Waals surface area contributed by atoms with Gasteiger partial charge in [-0.25, -0.2) is 8.78 Å². The number of nitrogens with two attached hydrogens (primary N) is 1. The Morgan fingerprint density at radius 1 is 0.939 bits per heavy atom. The molecule has 2 N–H and O–H groups in total. The Labute approximate surface area is 191 Å². The number of hydrogen-bond acceptors (Lipinski definition) is 3. The zero-order chi connectivity index (χ0) is 23.8. The first kappa shape index (κ1) is 22.7. The van der Waals surface area contributed by atoms with Crippen molar-refractivity contribution in [2.45, 2.75) is 12.4 Å². The second-order valence-electron chi connectivity index (χ2n) is 7.18. The van der Waals surface area contributed by atoms with Gasteiger partial charge in [0, 0.05) is 0 Å². The van der Waals surface area contributed by atoms with Crippen molar-refractivity contribution in [2.24, 2.45) is 10.7 Å². The van der Waals surface area contributed by atoms with Crippen LogP contribution in [0.15, 0.2) is 71.7 Å². The second-order valence-corrected chi connectivity index (χ2v) is 7.60. The highest BCUT2D eigenvalue weighted by atomic mass is 32.1. The van der Waals surface area contributed by atoms with Gasteiger partial charge < -0.3 is 10.5 Å². The van der Waals surface area contributed by atoms with Gasteiger partial charge in [0.1, 0.15) is 23.2 Å². The summed E-state index contributed by atoms with van der Waals surface area (Å²) in [6.07, 6.45) is -4.76. The molecule has 0 bridgehead atoms. The minimum Gasteiger partial charge on any atom is -0.406 e. The van der Waals surface area contributed by atoms with Gasteiger partial charge in [-0.1, -0.05) is 42.5 Å². The molecule has 1 heterocycles. The van der Waals surface area contributed by atoms with Gasteiger partial charge in [0.25, 0.3) is 0 Å². The van der Waals surface area contributed by atoms with Gasteiger partial charge >= 0.3 is 6.36 Å². The van der Waals surface area contributed by atoms with Crippen molar-refractivity contribution < 1.29 is 26.7 Å². The van der Waals surface area contributed by atoms with Crippen LogP contribution >= 0.6 is 12.2 Å². The molecule has 1 unspecified atom stereocenters. The molecule has 3 aromatic rings. The molecule has 170 valence electrons. The number of benzene rings is 3. The quantitative estimate of drug-likeness (QED) is 0.394. The number of halogens is 5. The monoisotopic (exact) mass is 477 g/mol. The normalized spacial score (nSPS) is 16.0. The molecule has 0 radical (unpaired) electrons. The van der Waals surface area contributed by atoms with Gasteiger partial charge in [-0.2, -0.15) is 0 Å². The predicted octanol–water partition coefficient (Wildman–Crippen LogP) is 5.58. The van der Waals surface area contributed by atoms with Crippen LogP contribution in [0.3, 0.4) is 0 Å². The van der Waals surface area contributed by atoms with Gasteiger partial charge in [0.05, 0.1) is 18.2 Å².